The van der Waals surface area contributed by atoms with Crippen molar-refractivity contribution in [3.8, 4) is 0 Å². The number of amides is 4. The number of hydrogen-bond acceptors (Lipinski definition) is 7. The Morgan fingerprint density at radius 3 is 1.96 bits per heavy atom. The van der Waals surface area contributed by atoms with Gasteiger partial charge in [-0.25, -0.2) is 4.79 Å². The van der Waals surface area contributed by atoms with E-state index in [9.17, 15) is 24.3 Å². The Kier molecular flexibility index (Phi) is 15.0. The topological polar surface area (TPSA) is 166 Å². The highest BCUT2D eigenvalue weighted by atomic mass is 16.4. The second kappa shape index (κ2) is 20.7. The van der Waals surface area contributed by atoms with Crippen LogP contribution in [0, 0.1) is 6.92 Å². The third-order valence-electron chi connectivity index (χ3n) is 8.96. The SMILES string of the molecule is Cc1ccccc1NC(=O)Nc1ccc(CC(=O)N[C@@H](CCCCN(Cc2ccccn2)Cc2ccccn2)C(=O)N[C@@H](CC(=O)O)c2ccccc2)cc1. The van der Waals surface area contributed by atoms with E-state index < -0.39 is 24.0 Å². The lowest BCUT2D eigenvalue weighted by molar-refractivity contribution is -0.138. The summed E-state index contributed by atoms with van der Waals surface area (Å²) in [6.07, 6.45) is 4.90. The fraction of sp³-hybridized carbons (Fsp3) is 0.256. The first-order valence-corrected chi connectivity index (χ1v) is 18.3. The third-order valence-corrected chi connectivity index (χ3v) is 8.96. The van der Waals surface area contributed by atoms with Crippen LogP contribution in [0.15, 0.2) is 128 Å². The smallest absolute Gasteiger partial charge is 0.323 e. The molecule has 2 aromatic heterocycles. The normalized spacial score (nSPS) is 12.0. The average Bonchev–Trinajstić information content (AvgIpc) is 3.18. The molecule has 12 nitrogen and oxygen atoms in total. The zero-order chi connectivity index (χ0) is 38.8. The van der Waals surface area contributed by atoms with E-state index in [-0.39, 0.29) is 24.8 Å². The van der Waals surface area contributed by atoms with Crippen LogP contribution >= 0.6 is 0 Å². The molecule has 0 fully saturated rings. The van der Waals surface area contributed by atoms with Gasteiger partial charge in [-0.3, -0.25) is 29.3 Å². The van der Waals surface area contributed by atoms with Gasteiger partial charge in [-0.15, -0.1) is 0 Å². The van der Waals surface area contributed by atoms with Crippen LogP contribution in [0.2, 0.25) is 0 Å². The molecule has 284 valence electrons. The lowest BCUT2D eigenvalue weighted by Gasteiger charge is -2.24. The first kappa shape index (κ1) is 39.8. The summed E-state index contributed by atoms with van der Waals surface area (Å²) < 4.78 is 0. The van der Waals surface area contributed by atoms with E-state index in [1.165, 1.54) is 0 Å². The van der Waals surface area contributed by atoms with E-state index in [0.717, 1.165) is 23.4 Å². The van der Waals surface area contributed by atoms with Crippen LogP contribution in [0.5, 0.6) is 0 Å². The summed E-state index contributed by atoms with van der Waals surface area (Å²) in [6, 6.07) is 32.9. The quantitative estimate of drug-likeness (QED) is 0.0587. The summed E-state index contributed by atoms with van der Waals surface area (Å²) in [5.41, 5.74) is 5.41. The van der Waals surface area contributed by atoms with E-state index in [2.05, 4.69) is 36.1 Å². The Hall–Kier alpha value is -6.40. The molecular weight excluding hydrogens is 695 g/mol. The number of carbonyl (C=O) groups is 4. The highest BCUT2D eigenvalue weighted by Gasteiger charge is 2.25. The van der Waals surface area contributed by atoms with Crippen molar-refractivity contribution in [2.45, 2.75) is 64.2 Å². The molecule has 5 N–H and O–H groups in total. The van der Waals surface area contributed by atoms with Crippen LogP contribution in [-0.2, 0) is 33.9 Å². The number of unbranched alkanes of at least 4 members (excludes halogenated alkanes) is 1. The molecule has 0 saturated heterocycles. The Morgan fingerprint density at radius 2 is 1.35 bits per heavy atom. The van der Waals surface area contributed by atoms with Gasteiger partial charge < -0.3 is 26.4 Å². The van der Waals surface area contributed by atoms with E-state index >= 15 is 0 Å². The Labute approximate surface area is 321 Å². The van der Waals surface area contributed by atoms with Gasteiger partial charge in [0.1, 0.15) is 6.04 Å². The monoisotopic (exact) mass is 741 g/mol. The number of pyridine rings is 2. The van der Waals surface area contributed by atoms with Gasteiger partial charge in [0.25, 0.3) is 0 Å². The van der Waals surface area contributed by atoms with Crippen LogP contribution in [0.25, 0.3) is 0 Å². The fourth-order valence-electron chi connectivity index (χ4n) is 6.13. The molecule has 5 aromatic rings. The molecule has 4 amide bonds. The maximum Gasteiger partial charge on any atom is 0.323 e. The van der Waals surface area contributed by atoms with E-state index in [1.807, 2.05) is 73.7 Å². The van der Waals surface area contributed by atoms with E-state index in [1.54, 1.807) is 60.9 Å². The maximum absolute atomic E-state index is 13.8. The van der Waals surface area contributed by atoms with Crippen LogP contribution < -0.4 is 21.3 Å². The summed E-state index contributed by atoms with van der Waals surface area (Å²) in [5.74, 6) is -1.87. The van der Waals surface area contributed by atoms with Crippen LogP contribution in [0.3, 0.4) is 0 Å². The zero-order valence-corrected chi connectivity index (χ0v) is 30.9. The van der Waals surface area contributed by atoms with Crippen molar-refractivity contribution in [2.24, 2.45) is 0 Å². The maximum atomic E-state index is 13.8. The molecule has 0 aliphatic carbocycles. The van der Waals surface area contributed by atoms with Crippen molar-refractivity contribution in [1.82, 2.24) is 25.5 Å². The van der Waals surface area contributed by atoms with Crippen molar-refractivity contribution in [3.63, 3.8) is 0 Å². The molecule has 5 rings (SSSR count). The molecule has 0 radical (unpaired) electrons. The zero-order valence-electron chi connectivity index (χ0n) is 30.9. The minimum atomic E-state index is -1.05. The van der Waals surface area contributed by atoms with E-state index in [0.29, 0.717) is 55.0 Å². The largest absolute Gasteiger partial charge is 0.481 e. The Bertz CT molecular complexity index is 1940. The third kappa shape index (κ3) is 13.5. The van der Waals surface area contributed by atoms with Crippen molar-refractivity contribution >= 4 is 35.2 Å². The number of carbonyl (C=O) groups excluding carboxylic acids is 3. The number of urea groups is 1. The van der Waals surface area contributed by atoms with Crippen LogP contribution in [0.1, 0.15) is 59.8 Å². The number of benzene rings is 3. The number of aliphatic carboxylic acids is 1. The summed E-state index contributed by atoms with van der Waals surface area (Å²) in [5, 5.41) is 21.1. The Balaban J connectivity index is 1.22. The number of anilines is 2. The molecule has 3 aromatic carbocycles. The molecule has 0 aliphatic heterocycles. The predicted molar refractivity (Wildman–Crippen MR) is 212 cm³/mol. The molecule has 2 heterocycles. The van der Waals surface area contributed by atoms with Gasteiger partial charge in [-0.1, -0.05) is 72.8 Å². The van der Waals surface area contributed by atoms with Gasteiger partial charge in [-0.2, -0.15) is 0 Å². The molecule has 2 atom stereocenters. The number of nitrogens with one attached hydrogen (secondary N) is 4. The number of carboxylic acids is 1. The number of aromatic nitrogens is 2. The number of aryl methyl sites for hydroxylation is 1. The molecular formula is C43H47N7O5. The van der Waals surface area contributed by atoms with Gasteiger partial charge in [-0.05, 0) is 91.9 Å². The van der Waals surface area contributed by atoms with Crippen molar-refractivity contribution in [2.75, 3.05) is 17.2 Å². The van der Waals surface area contributed by atoms with Crippen molar-refractivity contribution < 1.29 is 24.3 Å². The molecule has 0 spiro atoms. The lowest BCUT2D eigenvalue weighted by Crippen LogP contribution is -2.48. The lowest BCUT2D eigenvalue weighted by atomic mass is 10.0. The summed E-state index contributed by atoms with van der Waals surface area (Å²) in [4.78, 5) is 62.8. The fourth-order valence-corrected chi connectivity index (χ4v) is 6.13. The second-order valence-corrected chi connectivity index (χ2v) is 13.3. The number of rotatable bonds is 19. The minimum Gasteiger partial charge on any atom is -0.481 e. The summed E-state index contributed by atoms with van der Waals surface area (Å²) >= 11 is 0. The molecule has 0 bridgehead atoms. The molecule has 12 heteroatoms. The number of para-hydroxylation sites is 1. The van der Waals surface area contributed by atoms with Gasteiger partial charge in [0.05, 0.1) is 30.3 Å². The molecule has 0 aliphatic rings. The van der Waals surface area contributed by atoms with Crippen molar-refractivity contribution in [3.05, 3.63) is 156 Å². The van der Waals surface area contributed by atoms with Crippen LogP contribution in [0.4, 0.5) is 16.2 Å². The molecule has 55 heavy (non-hydrogen) atoms. The van der Waals surface area contributed by atoms with Crippen molar-refractivity contribution in [1.29, 1.82) is 0 Å². The molecule has 0 saturated carbocycles. The van der Waals surface area contributed by atoms with Gasteiger partial charge >= 0.3 is 12.0 Å². The molecule has 0 unspecified atom stereocenters. The predicted octanol–water partition coefficient (Wildman–Crippen LogP) is 6.66. The summed E-state index contributed by atoms with van der Waals surface area (Å²) in [7, 11) is 0. The minimum absolute atomic E-state index is 0.00135. The summed E-state index contributed by atoms with van der Waals surface area (Å²) in [6.45, 7) is 3.85. The first-order chi connectivity index (χ1) is 26.7. The van der Waals surface area contributed by atoms with Gasteiger partial charge in [0, 0.05) is 36.9 Å². The van der Waals surface area contributed by atoms with Gasteiger partial charge in [0.2, 0.25) is 11.8 Å². The Morgan fingerprint density at radius 1 is 0.709 bits per heavy atom. The average molecular weight is 742 g/mol. The highest BCUT2D eigenvalue weighted by molar-refractivity contribution is 6.00. The number of hydrogen-bond donors (Lipinski definition) is 5. The number of nitrogens with zero attached hydrogens (tertiary/aromatic N) is 3. The highest BCUT2D eigenvalue weighted by Crippen LogP contribution is 2.19. The second-order valence-electron chi connectivity index (χ2n) is 13.3. The number of carboxylic acid groups (broad SMARTS) is 1. The van der Waals surface area contributed by atoms with Gasteiger partial charge in [0.15, 0.2) is 0 Å². The standard InChI is InChI=1S/C43H47N7O5/c1-31-13-5-6-18-37(31)49-43(55)46-34-22-20-32(21-23-34)27-40(51)47-38(42(54)48-39(28-41(52)53)33-14-3-2-4-15-33)19-9-12-26-50(29-35-16-7-10-24-44-35)30-36-17-8-11-25-45-36/h2-8,10-11,13-18,20-25,38-39H,9,12,19,26-30H2,1H3,(H,47,51)(H,48,54)(H,52,53)(H2,46,49,55)/t38-,39-/m0/s1. The van der Waals surface area contributed by atoms with E-state index in [4.69, 9.17) is 0 Å². The first-order valence-electron chi connectivity index (χ1n) is 18.3. The van der Waals surface area contributed by atoms with Crippen LogP contribution in [-0.4, -0.2) is 56.4 Å².